The Morgan fingerprint density at radius 1 is 1.43 bits per heavy atom. The van der Waals surface area contributed by atoms with Crippen LogP contribution in [0.25, 0.3) is 0 Å². The lowest BCUT2D eigenvalue weighted by Crippen LogP contribution is -2.72. The molecule has 0 bridgehead atoms. The van der Waals surface area contributed by atoms with Crippen molar-refractivity contribution in [3.63, 3.8) is 0 Å². The first-order valence-electron chi connectivity index (χ1n) is 6.59. The molecular weight excluding hydrogens is 276 g/mol. The fourth-order valence-electron chi connectivity index (χ4n) is 1.75. The highest BCUT2D eigenvalue weighted by molar-refractivity contribution is 6.00. The SMILES string of the molecule is C=CC(N)=O.CCCC(C)[N+](C)(C)C(C)(C(=O)[O-])C(=O)O. The van der Waals surface area contributed by atoms with Crippen LogP contribution in [0.3, 0.4) is 0 Å². The van der Waals surface area contributed by atoms with Crippen LogP contribution in [0.1, 0.15) is 33.6 Å². The molecule has 21 heavy (non-hydrogen) atoms. The number of carboxylic acid groups (broad SMARTS) is 2. The van der Waals surface area contributed by atoms with Crippen LogP contribution in [0.15, 0.2) is 12.7 Å². The number of nitrogens with zero attached hydrogens (tertiary/aromatic N) is 1. The zero-order valence-electron chi connectivity index (χ0n) is 13.4. The molecule has 1 amide bonds. The van der Waals surface area contributed by atoms with Crippen LogP contribution in [-0.2, 0) is 14.4 Å². The van der Waals surface area contributed by atoms with E-state index in [-0.39, 0.29) is 10.5 Å². The fourth-order valence-corrected chi connectivity index (χ4v) is 1.75. The number of carbonyl (C=O) groups excluding carboxylic acids is 2. The van der Waals surface area contributed by atoms with E-state index < -0.39 is 23.4 Å². The van der Waals surface area contributed by atoms with Crippen molar-refractivity contribution < 1.29 is 29.1 Å². The Hall–Kier alpha value is -1.89. The van der Waals surface area contributed by atoms with Crippen LogP contribution in [-0.4, -0.2) is 53.1 Å². The lowest BCUT2D eigenvalue weighted by molar-refractivity contribution is -0.944. The quantitative estimate of drug-likeness (QED) is 0.373. The number of aliphatic carboxylic acids is 2. The van der Waals surface area contributed by atoms with Gasteiger partial charge in [0, 0.05) is 6.92 Å². The second-order valence-electron chi connectivity index (χ2n) is 5.45. The largest absolute Gasteiger partial charge is 0.543 e. The summed E-state index contributed by atoms with van der Waals surface area (Å²) >= 11 is 0. The zero-order valence-corrected chi connectivity index (χ0v) is 13.4. The molecule has 0 radical (unpaired) electrons. The van der Waals surface area contributed by atoms with Gasteiger partial charge in [-0.15, -0.1) is 0 Å². The molecule has 0 aliphatic rings. The van der Waals surface area contributed by atoms with E-state index >= 15 is 0 Å². The molecule has 0 spiro atoms. The van der Waals surface area contributed by atoms with E-state index in [9.17, 15) is 19.5 Å². The molecule has 0 saturated carbocycles. The number of amides is 1. The first-order valence-corrected chi connectivity index (χ1v) is 6.59. The lowest BCUT2D eigenvalue weighted by atomic mass is 9.94. The van der Waals surface area contributed by atoms with E-state index in [1.165, 1.54) is 6.92 Å². The van der Waals surface area contributed by atoms with Gasteiger partial charge in [0.25, 0.3) is 0 Å². The van der Waals surface area contributed by atoms with Crippen LogP contribution < -0.4 is 10.8 Å². The van der Waals surface area contributed by atoms with Gasteiger partial charge in [-0.3, -0.25) is 4.79 Å². The molecule has 0 aliphatic heterocycles. The highest BCUT2D eigenvalue weighted by atomic mass is 16.4. The molecule has 0 aromatic rings. The van der Waals surface area contributed by atoms with E-state index in [0.717, 1.165) is 18.9 Å². The summed E-state index contributed by atoms with van der Waals surface area (Å²) in [6, 6.07) is -0.0657. The minimum Gasteiger partial charge on any atom is -0.543 e. The summed E-state index contributed by atoms with van der Waals surface area (Å²) in [5, 5.41) is 20.2. The average Bonchev–Trinajstić information content (AvgIpc) is 2.37. The van der Waals surface area contributed by atoms with Gasteiger partial charge >= 0.3 is 5.97 Å². The smallest absolute Gasteiger partial charge is 0.371 e. The molecule has 0 aliphatic carbocycles. The average molecular weight is 302 g/mol. The summed E-state index contributed by atoms with van der Waals surface area (Å²) in [6.45, 7) is 8.13. The highest BCUT2D eigenvalue weighted by Gasteiger charge is 2.52. The first kappa shape index (κ1) is 21.4. The first-order chi connectivity index (χ1) is 9.39. The maximum atomic E-state index is 11.2. The van der Waals surface area contributed by atoms with Gasteiger partial charge in [0.1, 0.15) is 5.97 Å². The number of hydrogen-bond acceptors (Lipinski definition) is 4. The number of carboxylic acids is 2. The van der Waals surface area contributed by atoms with Crippen molar-refractivity contribution in [2.45, 2.75) is 45.2 Å². The number of primary amides is 1. The molecule has 0 aromatic heterocycles. The third-order valence-electron chi connectivity index (χ3n) is 3.98. The summed E-state index contributed by atoms with van der Waals surface area (Å²) in [6.07, 6.45) is 2.70. The number of nitrogens with two attached hydrogens (primary N) is 1. The Labute approximate surface area is 125 Å². The molecule has 0 aromatic carbocycles. The number of quaternary nitrogens is 1. The van der Waals surface area contributed by atoms with Crippen molar-refractivity contribution in [3.8, 4) is 0 Å². The summed E-state index contributed by atoms with van der Waals surface area (Å²) in [5.41, 5.74) is 2.61. The molecule has 2 atom stereocenters. The van der Waals surface area contributed by atoms with Crippen molar-refractivity contribution in [2.24, 2.45) is 5.73 Å². The van der Waals surface area contributed by atoms with Gasteiger partial charge in [0.05, 0.1) is 20.1 Å². The molecule has 3 N–H and O–H groups in total. The monoisotopic (exact) mass is 302 g/mol. The van der Waals surface area contributed by atoms with Gasteiger partial charge in [0.2, 0.25) is 11.4 Å². The van der Waals surface area contributed by atoms with E-state index in [2.05, 4.69) is 12.3 Å². The van der Waals surface area contributed by atoms with Crippen LogP contribution in [0.2, 0.25) is 0 Å². The van der Waals surface area contributed by atoms with E-state index in [1.54, 1.807) is 14.1 Å². The standard InChI is InChI=1S/C11H21NO4.C3H5NO/c1-6-7-8(2)12(4,5)11(3,9(13)14)10(15)16;1-2-3(4)5/h8H,6-7H2,1-5H3,(H-,13,14,15,16);2H,1H2,(H2,4,5). The minimum absolute atomic E-state index is 0.0657. The van der Waals surface area contributed by atoms with Crippen molar-refractivity contribution >= 4 is 17.8 Å². The summed E-state index contributed by atoms with van der Waals surface area (Å²) < 4.78 is -0.126. The fraction of sp³-hybridized carbons (Fsp3) is 0.643. The molecular formula is C14H26N2O5. The molecule has 2 unspecified atom stereocenters. The second kappa shape index (κ2) is 8.41. The lowest BCUT2D eigenvalue weighted by Gasteiger charge is -2.47. The Kier molecular flexibility index (Phi) is 8.57. The summed E-state index contributed by atoms with van der Waals surface area (Å²) in [5.74, 6) is -3.39. The van der Waals surface area contributed by atoms with Crippen LogP contribution in [0.4, 0.5) is 0 Å². The third kappa shape index (κ3) is 5.18. The van der Waals surface area contributed by atoms with Crippen LogP contribution >= 0.6 is 0 Å². The van der Waals surface area contributed by atoms with Gasteiger partial charge < -0.3 is 25.2 Å². The topological polar surface area (TPSA) is 121 Å². The minimum atomic E-state index is -1.92. The Morgan fingerprint density at radius 2 is 1.81 bits per heavy atom. The van der Waals surface area contributed by atoms with Gasteiger partial charge in [-0.1, -0.05) is 19.9 Å². The number of carbonyl (C=O) groups is 3. The van der Waals surface area contributed by atoms with Crippen molar-refractivity contribution in [1.29, 1.82) is 0 Å². The van der Waals surface area contributed by atoms with Gasteiger partial charge in [-0.05, 0) is 19.4 Å². The molecule has 122 valence electrons. The summed E-state index contributed by atoms with van der Waals surface area (Å²) in [4.78, 5) is 31.8. The van der Waals surface area contributed by atoms with E-state index in [1.807, 2.05) is 13.8 Å². The maximum Gasteiger partial charge on any atom is 0.371 e. The van der Waals surface area contributed by atoms with E-state index in [0.29, 0.717) is 0 Å². The molecule has 0 rings (SSSR count). The predicted molar refractivity (Wildman–Crippen MR) is 76.9 cm³/mol. The number of rotatable bonds is 7. The van der Waals surface area contributed by atoms with Crippen LogP contribution in [0, 0.1) is 0 Å². The summed E-state index contributed by atoms with van der Waals surface area (Å²) in [7, 11) is 3.23. The highest BCUT2D eigenvalue weighted by Crippen LogP contribution is 2.26. The molecule has 0 fully saturated rings. The van der Waals surface area contributed by atoms with Gasteiger partial charge in [0.15, 0.2) is 0 Å². The molecule has 7 nitrogen and oxygen atoms in total. The number of likely N-dealkylation sites (N-methyl/N-ethyl adjacent to an activating group) is 1. The van der Waals surface area contributed by atoms with Crippen molar-refractivity contribution in [3.05, 3.63) is 12.7 Å². The predicted octanol–water partition coefficient (Wildman–Crippen LogP) is -0.498. The number of hydrogen-bond donors (Lipinski definition) is 2. The second-order valence-corrected chi connectivity index (χ2v) is 5.45. The van der Waals surface area contributed by atoms with Crippen molar-refractivity contribution in [2.75, 3.05) is 14.1 Å². The van der Waals surface area contributed by atoms with Gasteiger partial charge in [-0.2, -0.15) is 0 Å². The van der Waals surface area contributed by atoms with E-state index in [4.69, 9.17) is 5.11 Å². The Balaban J connectivity index is 0. The maximum absolute atomic E-state index is 11.2. The van der Waals surface area contributed by atoms with Crippen molar-refractivity contribution in [1.82, 2.24) is 0 Å². The molecule has 0 saturated heterocycles. The Morgan fingerprint density at radius 3 is 2.00 bits per heavy atom. The molecule has 7 heteroatoms. The van der Waals surface area contributed by atoms with Gasteiger partial charge in [-0.25, -0.2) is 4.79 Å². The normalized spacial score (nSPS) is 14.9. The Bertz CT molecular complexity index is 390. The zero-order chi connectivity index (χ0) is 17.4. The molecule has 0 heterocycles. The van der Waals surface area contributed by atoms with Crippen LogP contribution in [0.5, 0.6) is 0 Å². The third-order valence-corrected chi connectivity index (χ3v) is 3.98.